The van der Waals surface area contributed by atoms with Gasteiger partial charge in [0, 0.05) is 39.6 Å². The number of amides is 2. The fourth-order valence-electron chi connectivity index (χ4n) is 3.32. The molecule has 0 aromatic carbocycles. The predicted octanol–water partition coefficient (Wildman–Crippen LogP) is 0.606. The first-order chi connectivity index (χ1) is 12.9. The molecule has 0 radical (unpaired) electrons. The number of aliphatic carboxylic acids is 1. The van der Waals surface area contributed by atoms with Crippen LogP contribution in [0.25, 0.3) is 5.82 Å². The highest BCUT2D eigenvalue weighted by Crippen LogP contribution is 2.19. The van der Waals surface area contributed by atoms with Crippen molar-refractivity contribution in [2.75, 3.05) is 26.7 Å². The molecule has 9 nitrogen and oxygen atoms in total. The minimum absolute atomic E-state index is 0.0589. The maximum atomic E-state index is 12.8. The number of nitrogens with zero attached hydrogens (tertiary/aromatic N) is 5. The van der Waals surface area contributed by atoms with Crippen molar-refractivity contribution >= 4 is 17.8 Å². The van der Waals surface area contributed by atoms with Crippen LogP contribution in [0.4, 0.5) is 0 Å². The van der Waals surface area contributed by atoms with Crippen LogP contribution in [-0.4, -0.2) is 73.7 Å². The van der Waals surface area contributed by atoms with Crippen LogP contribution < -0.4 is 0 Å². The molecule has 144 valence electrons. The smallest absolute Gasteiger partial charge is 0.306 e. The number of carbonyl (C=O) groups is 3. The summed E-state index contributed by atoms with van der Waals surface area (Å²) in [5.41, 5.74) is 0.411. The number of aromatic nitrogens is 3. The zero-order valence-corrected chi connectivity index (χ0v) is 15.4. The monoisotopic (exact) mass is 373 g/mol. The number of piperidine rings is 1. The van der Waals surface area contributed by atoms with Gasteiger partial charge in [-0.2, -0.15) is 5.10 Å². The Morgan fingerprint density at radius 3 is 2.44 bits per heavy atom. The summed E-state index contributed by atoms with van der Waals surface area (Å²) in [5.74, 6) is -1.05. The van der Waals surface area contributed by atoms with E-state index in [1.54, 1.807) is 28.2 Å². The van der Waals surface area contributed by atoms with Crippen LogP contribution in [0.3, 0.4) is 0 Å². The van der Waals surface area contributed by atoms with E-state index in [9.17, 15) is 14.4 Å². The van der Waals surface area contributed by atoms with Gasteiger partial charge in [-0.1, -0.05) is 0 Å². The molecule has 0 unspecified atom stereocenters. The zero-order valence-electron chi connectivity index (χ0n) is 15.4. The summed E-state index contributed by atoms with van der Waals surface area (Å²) in [6.45, 7) is 0.745. The molecule has 3 rings (SSSR count). The van der Waals surface area contributed by atoms with E-state index in [1.807, 2.05) is 24.5 Å². The summed E-state index contributed by atoms with van der Waals surface area (Å²) in [5, 5.41) is 13.2. The van der Waals surface area contributed by atoms with Crippen molar-refractivity contribution in [2.24, 2.45) is 13.0 Å². The lowest BCUT2D eigenvalue weighted by Gasteiger charge is -2.31. The van der Waals surface area contributed by atoms with Crippen molar-refractivity contribution in [3.8, 4) is 5.82 Å². The van der Waals surface area contributed by atoms with E-state index >= 15 is 0 Å². The molecule has 1 saturated heterocycles. The quantitative estimate of drug-likeness (QED) is 0.827. The van der Waals surface area contributed by atoms with E-state index in [1.165, 1.54) is 11.1 Å². The van der Waals surface area contributed by atoms with Crippen molar-refractivity contribution in [2.45, 2.75) is 12.8 Å². The highest BCUT2D eigenvalue weighted by Gasteiger charge is 2.29. The second kappa shape index (κ2) is 7.65. The molecule has 27 heavy (non-hydrogen) atoms. The van der Waals surface area contributed by atoms with E-state index < -0.39 is 11.9 Å². The topological polar surface area (TPSA) is 101 Å². The van der Waals surface area contributed by atoms with Gasteiger partial charge in [0.2, 0.25) is 5.91 Å². The van der Waals surface area contributed by atoms with Gasteiger partial charge in [0.05, 0.1) is 18.7 Å². The van der Waals surface area contributed by atoms with Crippen LogP contribution in [0.5, 0.6) is 0 Å². The van der Waals surface area contributed by atoms with Gasteiger partial charge < -0.3 is 19.5 Å². The lowest BCUT2D eigenvalue weighted by atomic mass is 9.97. The SMILES string of the molecule is CN(CC(=O)N1CCC(C(=O)O)CC1)C(=O)c1cnn(C)c1-n1cccc1. The molecule has 1 N–H and O–H groups in total. The number of hydrogen-bond donors (Lipinski definition) is 1. The number of hydrogen-bond acceptors (Lipinski definition) is 4. The maximum absolute atomic E-state index is 12.8. The minimum atomic E-state index is -0.816. The number of carboxylic acid groups (broad SMARTS) is 1. The summed E-state index contributed by atoms with van der Waals surface area (Å²) in [6, 6.07) is 3.71. The third-order valence-corrected chi connectivity index (χ3v) is 4.90. The molecule has 0 bridgehead atoms. The number of rotatable bonds is 5. The third kappa shape index (κ3) is 3.86. The number of carboxylic acids is 1. The molecule has 9 heteroatoms. The van der Waals surface area contributed by atoms with Crippen LogP contribution in [-0.2, 0) is 16.6 Å². The fourth-order valence-corrected chi connectivity index (χ4v) is 3.32. The van der Waals surface area contributed by atoms with Gasteiger partial charge in [-0.25, -0.2) is 0 Å². The molecular weight excluding hydrogens is 350 g/mol. The Morgan fingerprint density at radius 1 is 1.22 bits per heavy atom. The van der Waals surface area contributed by atoms with Crippen LogP contribution in [0.15, 0.2) is 30.7 Å². The van der Waals surface area contributed by atoms with Crippen molar-refractivity contribution in [1.29, 1.82) is 0 Å². The van der Waals surface area contributed by atoms with Gasteiger partial charge >= 0.3 is 5.97 Å². The molecule has 2 aromatic heterocycles. The van der Waals surface area contributed by atoms with Crippen LogP contribution in [0.2, 0.25) is 0 Å². The number of likely N-dealkylation sites (N-methyl/N-ethyl adjacent to an activating group) is 1. The minimum Gasteiger partial charge on any atom is -0.481 e. The zero-order chi connectivity index (χ0) is 19.6. The van der Waals surface area contributed by atoms with Crippen LogP contribution in [0, 0.1) is 5.92 Å². The van der Waals surface area contributed by atoms with E-state index in [0.29, 0.717) is 37.3 Å². The second-order valence-corrected chi connectivity index (χ2v) is 6.75. The molecule has 2 amide bonds. The van der Waals surface area contributed by atoms with Crippen molar-refractivity contribution in [3.63, 3.8) is 0 Å². The van der Waals surface area contributed by atoms with Gasteiger partial charge in [0.15, 0.2) is 0 Å². The average Bonchev–Trinajstić information content (AvgIpc) is 3.30. The summed E-state index contributed by atoms with van der Waals surface area (Å²) < 4.78 is 3.41. The lowest BCUT2D eigenvalue weighted by Crippen LogP contribution is -2.45. The van der Waals surface area contributed by atoms with Gasteiger partial charge in [-0.3, -0.25) is 19.1 Å². The number of carbonyl (C=O) groups excluding carboxylic acids is 2. The second-order valence-electron chi connectivity index (χ2n) is 6.75. The highest BCUT2D eigenvalue weighted by molar-refractivity contribution is 5.98. The summed E-state index contributed by atoms with van der Waals surface area (Å²) in [4.78, 5) is 39.4. The molecule has 1 aliphatic heterocycles. The van der Waals surface area contributed by atoms with E-state index in [0.717, 1.165) is 0 Å². The average molecular weight is 373 g/mol. The molecule has 0 saturated carbocycles. The maximum Gasteiger partial charge on any atom is 0.306 e. The standard InChI is InChI=1S/C18H23N5O4/c1-20(12-15(24)22-9-5-13(6-10-22)18(26)27)17(25)14-11-19-21(2)16(14)23-7-3-4-8-23/h3-4,7-8,11,13H,5-6,9-10,12H2,1-2H3,(H,26,27). The summed E-state index contributed by atoms with van der Waals surface area (Å²) in [6.07, 6.45) is 6.03. The highest BCUT2D eigenvalue weighted by atomic mass is 16.4. The van der Waals surface area contributed by atoms with E-state index in [2.05, 4.69) is 5.10 Å². The molecule has 0 spiro atoms. The molecule has 0 aliphatic carbocycles. The van der Waals surface area contributed by atoms with E-state index in [4.69, 9.17) is 5.11 Å². The Morgan fingerprint density at radius 2 is 1.85 bits per heavy atom. The van der Waals surface area contributed by atoms with Gasteiger partial charge in [-0.05, 0) is 25.0 Å². The lowest BCUT2D eigenvalue weighted by molar-refractivity contribution is -0.145. The molecule has 2 aromatic rings. The van der Waals surface area contributed by atoms with Crippen LogP contribution >= 0.6 is 0 Å². The Kier molecular flexibility index (Phi) is 5.29. The van der Waals surface area contributed by atoms with Gasteiger partial charge in [-0.15, -0.1) is 0 Å². The third-order valence-electron chi connectivity index (χ3n) is 4.90. The largest absolute Gasteiger partial charge is 0.481 e. The number of likely N-dealkylation sites (tertiary alicyclic amines) is 1. The predicted molar refractivity (Wildman–Crippen MR) is 96.4 cm³/mol. The van der Waals surface area contributed by atoms with Crippen molar-refractivity contribution < 1.29 is 19.5 Å². The molecule has 1 aliphatic rings. The fraction of sp³-hybridized carbons (Fsp3) is 0.444. The first kappa shape index (κ1) is 18.7. The molecule has 3 heterocycles. The molecule has 0 atom stereocenters. The van der Waals surface area contributed by atoms with Crippen molar-refractivity contribution in [1.82, 2.24) is 24.1 Å². The van der Waals surface area contributed by atoms with Gasteiger partial charge in [0.1, 0.15) is 11.4 Å². The van der Waals surface area contributed by atoms with Crippen LogP contribution in [0.1, 0.15) is 23.2 Å². The first-order valence-electron chi connectivity index (χ1n) is 8.80. The normalized spacial score (nSPS) is 15.0. The number of aryl methyl sites for hydroxylation is 1. The van der Waals surface area contributed by atoms with E-state index in [-0.39, 0.29) is 18.4 Å². The summed E-state index contributed by atoms with van der Waals surface area (Å²) in [7, 11) is 3.33. The Balaban J connectivity index is 1.65. The first-order valence-corrected chi connectivity index (χ1v) is 8.80. The summed E-state index contributed by atoms with van der Waals surface area (Å²) >= 11 is 0. The Bertz CT molecular complexity index is 834. The molecular formula is C18H23N5O4. The van der Waals surface area contributed by atoms with Gasteiger partial charge in [0.25, 0.3) is 5.91 Å². The Labute approximate surface area is 156 Å². The Hall–Kier alpha value is -3.10. The van der Waals surface area contributed by atoms with Crippen molar-refractivity contribution in [3.05, 3.63) is 36.3 Å². The molecule has 1 fully saturated rings.